The number of aromatic nitrogens is 3. The Morgan fingerprint density at radius 1 is 1.32 bits per heavy atom. The van der Waals surface area contributed by atoms with E-state index in [1.807, 2.05) is 16.8 Å². The van der Waals surface area contributed by atoms with E-state index in [-0.39, 0.29) is 0 Å². The maximum atomic E-state index is 6.16. The average molecular weight is 299 g/mol. The highest BCUT2D eigenvalue weighted by atomic mass is 35.5. The Morgan fingerprint density at radius 3 is 2.79 bits per heavy atom. The predicted molar refractivity (Wildman–Crippen MR) is 77.6 cm³/mol. The van der Waals surface area contributed by atoms with E-state index >= 15 is 0 Å². The summed E-state index contributed by atoms with van der Waals surface area (Å²) in [7, 11) is 0. The minimum Gasteiger partial charge on any atom is -0.308 e. The fourth-order valence-corrected chi connectivity index (χ4v) is 2.13. The third-order valence-corrected chi connectivity index (χ3v) is 3.29. The van der Waals surface area contributed by atoms with Crippen LogP contribution < -0.4 is 5.32 Å². The van der Waals surface area contributed by atoms with Gasteiger partial charge in [0.15, 0.2) is 0 Å². The normalized spacial score (nSPS) is 11.2. The van der Waals surface area contributed by atoms with Gasteiger partial charge in [-0.05, 0) is 17.7 Å². The molecule has 2 aromatic rings. The monoisotopic (exact) mass is 298 g/mol. The van der Waals surface area contributed by atoms with E-state index in [1.54, 1.807) is 12.4 Å². The zero-order chi connectivity index (χ0) is 13.8. The predicted octanol–water partition coefficient (Wildman–Crippen LogP) is 3.13. The van der Waals surface area contributed by atoms with Gasteiger partial charge in [0.2, 0.25) is 0 Å². The molecule has 1 heterocycles. The summed E-state index contributed by atoms with van der Waals surface area (Å²) < 4.78 is 1.84. The van der Waals surface area contributed by atoms with Crippen LogP contribution in [0.2, 0.25) is 10.0 Å². The largest absolute Gasteiger partial charge is 0.308 e. The van der Waals surface area contributed by atoms with Gasteiger partial charge in [0.05, 0.1) is 13.1 Å². The van der Waals surface area contributed by atoms with E-state index in [0.29, 0.717) is 29.2 Å². The molecule has 4 nitrogen and oxygen atoms in total. The molecule has 1 aromatic carbocycles. The lowest BCUT2D eigenvalue weighted by Gasteiger charge is -2.10. The van der Waals surface area contributed by atoms with Crippen LogP contribution in [0.4, 0.5) is 0 Å². The number of hydrogen-bond donors (Lipinski definition) is 1. The molecule has 6 heteroatoms. The Bertz CT molecular complexity index is 551. The van der Waals surface area contributed by atoms with Crippen LogP contribution in [-0.4, -0.2) is 20.8 Å². The molecule has 0 aliphatic rings. The van der Waals surface area contributed by atoms with Crippen molar-refractivity contribution in [3.05, 3.63) is 46.0 Å². The number of hydrogen-bond acceptors (Lipinski definition) is 3. The quantitative estimate of drug-likeness (QED) is 0.922. The Morgan fingerprint density at radius 2 is 2.11 bits per heavy atom. The molecule has 2 rings (SSSR count). The molecular weight excluding hydrogens is 283 g/mol. The molecule has 0 spiro atoms. The highest BCUT2D eigenvalue weighted by Crippen LogP contribution is 2.21. The SMILES string of the molecule is CC(C)NCc1ncnn1Cc1ccc(Cl)cc1Cl. The molecule has 0 atom stereocenters. The molecule has 0 aliphatic heterocycles. The summed E-state index contributed by atoms with van der Waals surface area (Å²) in [5.41, 5.74) is 0.974. The van der Waals surface area contributed by atoms with Crippen LogP contribution in [0, 0.1) is 0 Å². The highest BCUT2D eigenvalue weighted by molar-refractivity contribution is 6.35. The number of rotatable bonds is 5. The molecule has 0 aliphatic carbocycles. The first kappa shape index (κ1) is 14.3. The summed E-state index contributed by atoms with van der Waals surface area (Å²) >= 11 is 12.1. The first-order valence-corrected chi connectivity index (χ1v) is 6.86. The van der Waals surface area contributed by atoms with Crippen molar-refractivity contribution in [2.45, 2.75) is 33.0 Å². The van der Waals surface area contributed by atoms with Crippen LogP contribution in [-0.2, 0) is 13.1 Å². The second-order valence-corrected chi connectivity index (χ2v) is 5.45. The van der Waals surface area contributed by atoms with Crippen molar-refractivity contribution in [2.24, 2.45) is 0 Å². The van der Waals surface area contributed by atoms with Gasteiger partial charge in [-0.15, -0.1) is 0 Å². The fourth-order valence-electron chi connectivity index (χ4n) is 1.66. The van der Waals surface area contributed by atoms with Crippen molar-refractivity contribution >= 4 is 23.2 Å². The smallest absolute Gasteiger partial charge is 0.141 e. The van der Waals surface area contributed by atoms with Crippen LogP contribution in [0.5, 0.6) is 0 Å². The molecule has 0 unspecified atom stereocenters. The van der Waals surface area contributed by atoms with E-state index < -0.39 is 0 Å². The van der Waals surface area contributed by atoms with Crippen molar-refractivity contribution in [1.29, 1.82) is 0 Å². The molecule has 0 fully saturated rings. The maximum Gasteiger partial charge on any atom is 0.141 e. The number of halogens is 2. The van der Waals surface area contributed by atoms with Crippen LogP contribution in [0.15, 0.2) is 24.5 Å². The minimum absolute atomic E-state index is 0.407. The minimum atomic E-state index is 0.407. The van der Waals surface area contributed by atoms with Gasteiger partial charge in [0.1, 0.15) is 12.2 Å². The summed E-state index contributed by atoms with van der Waals surface area (Å²) in [5, 5.41) is 8.82. The molecule has 1 aromatic heterocycles. The Kier molecular flexibility index (Phi) is 4.80. The van der Waals surface area contributed by atoms with Crippen molar-refractivity contribution in [3.63, 3.8) is 0 Å². The molecule has 0 bridgehead atoms. The highest BCUT2D eigenvalue weighted by Gasteiger charge is 2.08. The molecular formula is C13H16Cl2N4. The number of nitrogens with zero attached hydrogens (tertiary/aromatic N) is 3. The third-order valence-electron chi connectivity index (χ3n) is 2.70. The van der Waals surface area contributed by atoms with E-state index in [9.17, 15) is 0 Å². The van der Waals surface area contributed by atoms with Crippen molar-refractivity contribution < 1.29 is 0 Å². The van der Waals surface area contributed by atoms with Gasteiger partial charge in [-0.1, -0.05) is 43.1 Å². The van der Waals surface area contributed by atoms with E-state index in [2.05, 4.69) is 29.2 Å². The van der Waals surface area contributed by atoms with Crippen molar-refractivity contribution in [2.75, 3.05) is 0 Å². The topological polar surface area (TPSA) is 42.7 Å². The molecule has 1 N–H and O–H groups in total. The lowest BCUT2D eigenvalue weighted by atomic mass is 10.2. The fraction of sp³-hybridized carbons (Fsp3) is 0.385. The summed E-state index contributed by atoms with van der Waals surface area (Å²) in [5.74, 6) is 0.889. The third kappa shape index (κ3) is 3.93. The van der Waals surface area contributed by atoms with Crippen molar-refractivity contribution in [3.8, 4) is 0 Å². The molecule has 0 amide bonds. The first-order valence-electron chi connectivity index (χ1n) is 6.10. The standard InChI is InChI=1S/C13H16Cl2N4/c1-9(2)16-6-13-17-8-18-19(13)7-10-3-4-11(14)5-12(10)15/h3-5,8-9,16H,6-7H2,1-2H3. The van der Waals surface area contributed by atoms with Gasteiger partial charge in [-0.25, -0.2) is 9.67 Å². The molecule has 19 heavy (non-hydrogen) atoms. The lowest BCUT2D eigenvalue weighted by molar-refractivity contribution is 0.539. The Labute approximate surface area is 122 Å². The Balaban J connectivity index is 2.12. The van der Waals surface area contributed by atoms with E-state index in [1.165, 1.54) is 0 Å². The molecule has 0 saturated heterocycles. The lowest BCUT2D eigenvalue weighted by Crippen LogP contribution is -2.24. The van der Waals surface area contributed by atoms with Crippen LogP contribution in [0.3, 0.4) is 0 Å². The summed E-state index contributed by atoms with van der Waals surface area (Å²) in [4.78, 5) is 4.25. The number of nitrogens with one attached hydrogen (secondary N) is 1. The summed E-state index contributed by atoms with van der Waals surface area (Å²) in [6, 6.07) is 5.88. The van der Waals surface area contributed by atoms with Crippen molar-refractivity contribution in [1.82, 2.24) is 20.1 Å². The second kappa shape index (κ2) is 6.37. The molecule has 102 valence electrons. The summed E-state index contributed by atoms with van der Waals surface area (Å²) in [6.45, 7) is 5.46. The molecule has 0 saturated carbocycles. The van der Waals surface area contributed by atoms with Crippen LogP contribution in [0.25, 0.3) is 0 Å². The van der Waals surface area contributed by atoms with Gasteiger partial charge in [-0.3, -0.25) is 0 Å². The van der Waals surface area contributed by atoms with E-state index in [0.717, 1.165) is 11.4 Å². The van der Waals surface area contributed by atoms with Gasteiger partial charge < -0.3 is 5.32 Å². The number of benzene rings is 1. The van der Waals surface area contributed by atoms with Crippen LogP contribution in [0.1, 0.15) is 25.2 Å². The first-order chi connectivity index (χ1) is 9.06. The summed E-state index contributed by atoms with van der Waals surface area (Å²) in [6.07, 6.45) is 1.56. The van der Waals surface area contributed by atoms with Gasteiger partial charge >= 0.3 is 0 Å². The van der Waals surface area contributed by atoms with Crippen LogP contribution >= 0.6 is 23.2 Å². The zero-order valence-corrected chi connectivity index (χ0v) is 12.4. The van der Waals surface area contributed by atoms with E-state index in [4.69, 9.17) is 23.2 Å². The van der Waals surface area contributed by atoms with Gasteiger partial charge in [0, 0.05) is 16.1 Å². The van der Waals surface area contributed by atoms with Gasteiger partial charge in [-0.2, -0.15) is 5.10 Å². The Hall–Kier alpha value is -1.10. The average Bonchev–Trinajstić information content (AvgIpc) is 2.77. The maximum absolute atomic E-state index is 6.16. The van der Waals surface area contributed by atoms with Gasteiger partial charge in [0.25, 0.3) is 0 Å². The second-order valence-electron chi connectivity index (χ2n) is 4.61. The zero-order valence-electron chi connectivity index (χ0n) is 10.9. The molecule has 0 radical (unpaired) electrons.